The molecular formula is C19H32N4O3S. The van der Waals surface area contributed by atoms with Gasteiger partial charge in [0.2, 0.25) is 10.0 Å². The lowest BCUT2D eigenvalue weighted by molar-refractivity contribution is 0.0243. The van der Waals surface area contributed by atoms with Gasteiger partial charge in [-0.1, -0.05) is 18.2 Å². The van der Waals surface area contributed by atoms with E-state index in [1.54, 1.807) is 25.2 Å². The van der Waals surface area contributed by atoms with E-state index in [0.29, 0.717) is 24.6 Å². The largest absolute Gasteiger partial charge is 0.373 e. The van der Waals surface area contributed by atoms with E-state index in [-0.39, 0.29) is 10.5 Å². The van der Waals surface area contributed by atoms with Gasteiger partial charge < -0.3 is 15.4 Å². The highest BCUT2D eigenvalue weighted by Crippen LogP contribution is 2.23. The zero-order chi connectivity index (χ0) is 20.1. The molecule has 0 spiro atoms. The van der Waals surface area contributed by atoms with Gasteiger partial charge in [0.1, 0.15) is 0 Å². The standard InChI is InChI=1S/C19H32N4O3S/c1-18(2,3)23-27(24,25)16-10-7-6-9-15(16)13-21-17(20-5)22-14-19(4)11-8-12-26-19/h6-7,9-10,23H,8,11-14H2,1-5H3,(H2,20,21,22). The molecule has 0 amide bonds. The van der Waals surface area contributed by atoms with Crippen molar-refractivity contribution in [3.05, 3.63) is 29.8 Å². The lowest BCUT2D eigenvalue weighted by Crippen LogP contribution is -2.45. The predicted octanol–water partition coefficient (Wildman–Crippen LogP) is 2.00. The highest BCUT2D eigenvalue weighted by molar-refractivity contribution is 7.89. The van der Waals surface area contributed by atoms with Crippen molar-refractivity contribution in [3.63, 3.8) is 0 Å². The predicted molar refractivity (Wildman–Crippen MR) is 108 cm³/mol. The minimum atomic E-state index is -3.61. The van der Waals surface area contributed by atoms with Crippen molar-refractivity contribution < 1.29 is 13.2 Å². The fraction of sp³-hybridized carbons (Fsp3) is 0.632. The summed E-state index contributed by atoms with van der Waals surface area (Å²) in [6, 6.07) is 6.98. The summed E-state index contributed by atoms with van der Waals surface area (Å²) in [6.45, 7) is 9.34. The van der Waals surface area contributed by atoms with Gasteiger partial charge in [0.05, 0.1) is 10.5 Å². The molecule has 1 atom stereocenters. The number of hydrogen-bond donors (Lipinski definition) is 3. The molecule has 27 heavy (non-hydrogen) atoms. The van der Waals surface area contributed by atoms with Crippen LogP contribution in [0.1, 0.15) is 46.1 Å². The van der Waals surface area contributed by atoms with Crippen LogP contribution in [0.2, 0.25) is 0 Å². The molecule has 8 heteroatoms. The molecular weight excluding hydrogens is 364 g/mol. The average Bonchev–Trinajstić information content (AvgIpc) is 3.00. The molecule has 0 aromatic heterocycles. The molecule has 1 saturated heterocycles. The van der Waals surface area contributed by atoms with E-state index in [1.165, 1.54) is 0 Å². The number of sulfonamides is 1. The van der Waals surface area contributed by atoms with Crippen LogP contribution in [0.4, 0.5) is 0 Å². The summed E-state index contributed by atoms with van der Waals surface area (Å²) in [5.41, 5.74) is -0.0519. The lowest BCUT2D eigenvalue weighted by atomic mass is 10.0. The van der Waals surface area contributed by atoms with E-state index >= 15 is 0 Å². The number of rotatable bonds is 6. The number of ether oxygens (including phenoxy) is 1. The first-order chi connectivity index (χ1) is 12.5. The second-order valence-electron chi connectivity index (χ2n) is 8.14. The molecule has 3 N–H and O–H groups in total. The van der Waals surface area contributed by atoms with E-state index < -0.39 is 15.6 Å². The van der Waals surface area contributed by atoms with Crippen molar-refractivity contribution in [2.45, 2.75) is 63.1 Å². The van der Waals surface area contributed by atoms with Crippen molar-refractivity contribution in [2.75, 3.05) is 20.2 Å². The molecule has 7 nitrogen and oxygen atoms in total. The SMILES string of the molecule is CN=C(NCc1ccccc1S(=O)(=O)NC(C)(C)C)NCC1(C)CCCO1. The maximum atomic E-state index is 12.7. The molecule has 1 fully saturated rings. The third-order valence-electron chi connectivity index (χ3n) is 4.30. The first-order valence-corrected chi connectivity index (χ1v) is 10.7. The zero-order valence-electron chi connectivity index (χ0n) is 16.9. The summed E-state index contributed by atoms with van der Waals surface area (Å²) in [4.78, 5) is 4.49. The quantitative estimate of drug-likeness (QED) is 0.505. The molecule has 152 valence electrons. The second kappa shape index (κ2) is 8.58. The zero-order valence-corrected chi connectivity index (χ0v) is 17.7. The van der Waals surface area contributed by atoms with Gasteiger partial charge in [-0.25, -0.2) is 13.1 Å². The van der Waals surface area contributed by atoms with E-state index in [1.807, 2.05) is 26.8 Å². The van der Waals surface area contributed by atoms with Crippen molar-refractivity contribution in [1.82, 2.24) is 15.4 Å². The van der Waals surface area contributed by atoms with Gasteiger partial charge in [-0.05, 0) is 52.2 Å². The fourth-order valence-corrected chi connectivity index (χ4v) is 4.68. The Hall–Kier alpha value is -1.64. The van der Waals surface area contributed by atoms with Crippen LogP contribution in [0.5, 0.6) is 0 Å². The van der Waals surface area contributed by atoms with Crippen LogP contribution in [-0.4, -0.2) is 45.7 Å². The van der Waals surface area contributed by atoms with E-state index in [2.05, 4.69) is 27.3 Å². The Labute approximate surface area is 163 Å². The molecule has 0 aliphatic carbocycles. The number of benzene rings is 1. The molecule has 0 saturated carbocycles. The summed E-state index contributed by atoms with van der Waals surface area (Å²) < 4.78 is 33.9. The van der Waals surface area contributed by atoms with E-state index in [4.69, 9.17) is 4.74 Å². The summed E-state index contributed by atoms with van der Waals surface area (Å²) in [5.74, 6) is 0.614. The van der Waals surface area contributed by atoms with Crippen molar-refractivity contribution in [1.29, 1.82) is 0 Å². The minimum Gasteiger partial charge on any atom is -0.373 e. The Morgan fingerprint density at radius 3 is 2.56 bits per heavy atom. The Morgan fingerprint density at radius 1 is 1.26 bits per heavy atom. The van der Waals surface area contributed by atoms with E-state index in [0.717, 1.165) is 19.4 Å². The van der Waals surface area contributed by atoms with Gasteiger partial charge in [-0.3, -0.25) is 4.99 Å². The molecule has 2 rings (SSSR count). The number of nitrogens with one attached hydrogen (secondary N) is 3. The highest BCUT2D eigenvalue weighted by Gasteiger charge is 2.30. The normalized spacial score (nSPS) is 21.3. The van der Waals surface area contributed by atoms with Gasteiger partial charge in [0.25, 0.3) is 0 Å². The van der Waals surface area contributed by atoms with Gasteiger partial charge >= 0.3 is 0 Å². The summed E-state index contributed by atoms with van der Waals surface area (Å²) in [5, 5.41) is 6.46. The van der Waals surface area contributed by atoms with E-state index in [9.17, 15) is 8.42 Å². The molecule has 0 radical (unpaired) electrons. The van der Waals surface area contributed by atoms with Gasteiger partial charge in [0.15, 0.2) is 5.96 Å². The molecule has 1 unspecified atom stereocenters. The average molecular weight is 397 g/mol. The summed E-state index contributed by atoms with van der Waals surface area (Å²) in [7, 11) is -1.92. The topological polar surface area (TPSA) is 91.8 Å². The Kier molecular flexibility index (Phi) is 6.88. The first kappa shape index (κ1) is 21.7. The van der Waals surface area contributed by atoms with Crippen LogP contribution in [0.15, 0.2) is 34.2 Å². The van der Waals surface area contributed by atoms with Crippen LogP contribution in [-0.2, 0) is 21.3 Å². The van der Waals surface area contributed by atoms with Crippen LogP contribution in [0.3, 0.4) is 0 Å². The van der Waals surface area contributed by atoms with Crippen LogP contribution < -0.4 is 15.4 Å². The lowest BCUT2D eigenvalue weighted by Gasteiger charge is -2.25. The third-order valence-corrected chi connectivity index (χ3v) is 6.16. The summed E-state index contributed by atoms with van der Waals surface area (Å²) >= 11 is 0. The monoisotopic (exact) mass is 396 g/mol. The first-order valence-electron chi connectivity index (χ1n) is 9.25. The highest BCUT2D eigenvalue weighted by atomic mass is 32.2. The van der Waals surface area contributed by atoms with Crippen molar-refractivity contribution in [3.8, 4) is 0 Å². The van der Waals surface area contributed by atoms with Gasteiger partial charge in [-0.15, -0.1) is 0 Å². The molecule has 1 aliphatic heterocycles. The number of aliphatic imine (C=N–C) groups is 1. The molecule has 1 heterocycles. The van der Waals surface area contributed by atoms with Crippen LogP contribution in [0.25, 0.3) is 0 Å². The number of nitrogens with zero attached hydrogens (tertiary/aromatic N) is 1. The minimum absolute atomic E-state index is 0.185. The van der Waals surface area contributed by atoms with Crippen LogP contribution in [0, 0.1) is 0 Å². The maximum absolute atomic E-state index is 12.7. The number of guanidine groups is 1. The molecule has 0 bridgehead atoms. The molecule has 1 aromatic carbocycles. The summed E-state index contributed by atoms with van der Waals surface area (Å²) in [6.07, 6.45) is 2.08. The molecule has 1 aliphatic rings. The third kappa shape index (κ3) is 6.48. The number of hydrogen-bond acceptors (Lipinski definition) is 4. The van der Waals surface area contributed by atoms with Crippen molar-refractivity contribution >= 4 is 16.0 Å². The Morgan fingerprint density at radius 2 is 1.96 bits per heavy atom. The fourth-order valence-electron chi connectivity index (χ4n) is 3.02. The Balaban J connectivity index is 2.05. The smallest absolute Gasteiger partial charge is 0.241 e. The second-order valence-corrected chi connectivity index (χ2v) is 9.80. The molecule has 1 aromatic rings. The van der Waals surface area contributed by atoms with Gasteiger partial charge in [0, 0.05) is 32.3 Å². The van der Waals surface area contributed by atoms with Crippen LogP contribution >= 0.6 is 0 Å². The Bertz CT molecular complexity index is 763. The van der Waals surface area contributed by atoms with Crippen molar-refractivity contribution in [2.24, 2.45) is 4.99 Å². The van der Waals surface area contributed by atoms with Gasteiger partial charge in [-0.2, -0.15) is 0 Å². The maximum Gasteiger partial charge on any atom is 0.241 e.